The molecule has 3 amide bonds. The van der Waals surface area contributed by atoms with E-state index in [1.807, 2.05) is 4.90 Å². The lowest BCUT2D eigenvalue weighted by molar-refractivity contribution is -0.225. The number of amides is 3. The van der Waals surface area contributed by atoms with Crippen molar-refractivity contribution >= 4 is 35.5 Å². The fourth-order valence-electron chi connectivity index (χ4n) is 5.01. The maximum atomic E-state index is 13.3. The fraction of sp³-hybridized carbons (Fsp3) is 0.654. The van der Waals surface area contributed by atoms with Crippen molar-refractivity contribution in [3.05, 3.63) is 23.9 Å². The molecule has 0 aromatic carbocycles. The highest BCUT2D eigenvalue weighted by molar-refractivity contribution is 6.99. The molecule has 1 aliphatic heterocycles. The van der Waals surface area contributed by atoms with Gasteiger partial charge in [0.2, 0.25) is 5.82 Å². The molecule has 2 N–H and O–H groups in total. The van der Waals surface area contributed by atoms with Crippen LogP contribution in [0.3, 0.4) is 0 Å². The number of rotatable bonds is 6. The molecule has 2 aliphatic rings. The molecule has 1 saturated heterocycles. The second kappa shape index (κ2) is 13.2. The summed E-state index contributed by atoms with van der Waals surface area (Å²) in [6.45, 7) is 6.18. The van der Waals surface area contributed by atoms with E-state index < -0.39 is 67.2 Å². The number of pyridine rings is 1. The first-order valence-corrected chi connectivity index (χ1v) is 14.5. The van der Waals surface area contributed by atoms with Gasteiger partial charge in [0.05, 0.1) is 23.6 Å². The molecular formula is C26H33F6N7O4S. The van der Waals surface area contributed by atoms with Gasteiger partial charge in [-0.1, -0.05) is 0 Å². The normalized spacial score (nSPS) is 21.5. The van der Waals surface area contributed by atoms with E-state index in [1.165, 1.54) is 11.1 Å². The summed E-state index contributed by atoms with van der Waals surface area (Å²) in [5.74, 6) is -3.34. The van der Waals surface area contributed by atoms with Gasteiger partial charge in [-0.3, -0.25) is 5.32 Å². The zero-order valence-electron chi connectivity index (χ0n) is 24.2. The summed E-state index contributed by atoms with van der Waals surface area (Å²) < 4.78 is 99.4. The van der Waals surface area contributed by atoms with Gasteiger partial charge in [0, 0.05) is 38.4 Å². The number of carbonyl (C=O) groups excluding carboxylic acids is 2. The first-order valence-electron chi connectivity index (χ1n) is 13.8. The number of carbonyl (C=O) groups is 2. The van der Waals surface area contributed by atoms with E-state index in [1.54, 1.807) is 32.9 Å². The predicted molar refractivity (Wildman–Crippen MR) is 147 cm³/mol. The SMILES string of the molecule is CC(C)(C)OC(=O)Nc1cc(COc2nsnc2N2CCN(C(=O)NC3CC(C(F)(F)F)CC(C(F)(F)F)C3)CC2)ccn1. The molecule has 18 heteroatoms. The predicted octanol–water partition coefficient (Wildman–Crippen LogP) is 5.60. The number of nitrogens with zero attached hydrogens (tertiary/aromatic N) is 5. The second-order valence-electron chi connectivity index (χ2n) is 11.7. The lowest BCUT2D eigenvalue weighted by atomic mass is 9.78. The summed E-state index contributed by atoms with van der Waals surface area (Å²) in [4.78, 5) is 32.1. The van der Waals surface area contributed by atoms with E-state index in [4.69, 9.17) is 9.47 Å². The van der Waals surface area contributed by atoms with Crippen molar-refractivity contribution in [2.24, 2.45) is 11.8 Å². The van der Waals surface area contributed by atoms with Gasteiger partial charge in [-0.25, -0.2) is 14.6 Å². The molecule has 1 saturated carbocycles. The fourth-order valence-corrected chi connectivity index (χ4v) is 5.53. The molecule has 2 aromatic heterocycles. The number of urea groups is 1. The highest BCUT2D eigenvalue weighted by atomic mass is 32.1. The van der Waals surface area contributed by atoms with Crippen molar-refractivity contribution in [2.75, 3.05) is 36.4 Å². The number of hydrogen-bond acceptors (Lipinski definition) is 9. The van der Waals surface area contributed by atoms with Crippen LogP contribution in [0.4, 0.5) is 47.6 Å². The average Bonchev–Trinajstić information content (AvgIpc) is 3.38. The molecule has 0 radical (unpaired) electrons. The van der Waals surface area contributed by atoms with Crippen molar-refractivity contribution in [1.29, 1.82) is 0 Å². The van der Waals surface area contributed by atoms with Crippen LogP contribution in [0.2, 0.25) is 0 Å². The van der Waals surface area contributed by atoms with Crippen LogP contribution in [-0.2, 0) is 11.3 Å². The van der Waals surface area contributed by atoms with Crippen LogP contribution >= 0.6 is 11.7 Å². The lowest BCUT2D eigenvalue weighted by Crippen LogP contribution is -2.55. The van der Waals surface area contributed by atoms with Gasteiger partial charge < -0.3 is 24.6 Å². The minimum atomic E-state index is -4.78. The smallest absolute Gasteiger partial charge is 0.413 e. The zero-order chi connectivity index (χ0) is 32.3. The van der Waals surface area contributed by atoms with Gasteiger partial charge >= 0.3 is 24.5 Å². The van der Waals surface area contributed by atoms with Crippen LogP contribution in [0.5, 0.6) is 5.88 Å². The van der Waals surface area contributed by atoms with Crippen LogP contribution in [0.15, 0.2) is 18.3 Å². The first kappa shape index (κ1) is 33.3. The average molecular weight is 654 g/mol. The Labute approximate surface area is 253 Å². The van der Waals surface area contributed by atoms with Crippen molar-refractivity contribution in [1.82, 2.24) is 23.9 Å². The highest BCUT2D eigenvalue weighted by Crippen LogP contribution is 2.45. The molecule has 2 fully saturated rings. The standard InChI is InChI=1S/C26H33F6N7O4S/c1-24(2,3)43-23(41)35-19-10-15(4-5-33-19)14-42-21-20(36-44-37-21)38-6-8-39(9-7-38)22(40)34-18-12-16(25(27,28)29)11-17(13-18)26(30,31)32/h4-5,10,16-18H,6-9,11-14H2,1-3H3,(H,34,40)(H,33,35,41). The zero-order valence-corrected chi connectivity index (χ0v) is 25.0. The van der Waals surface area contributed by atoms with Crippen molar-refractivity contribution < 1.29 is 45.4 Å². The number of alkyl halides is 6. The molecule has 11 nitrogen and oxygen atoms in total. The Bertz CT molecular complexity index is 1270. The Morgan fingerprint density at radius 1 is 0.977 bits per heavy atom. The van der Waals surface area contributed by atoms with E-state index in [0.717, 1.165) is 11.7 Å². The summed E-state index contributed by atoms with van der Waals surface area (Å²) in [7, 11) is 0. The van der Waals surface area contributed by atoms with Crippen molar-refractivity contribution in [3.8, 4) is 5.88 Å². The van der Waals surface area contributed by atoms with E-state index >= 15 is 0 Å². The molecule has 3 heterocycles. The number of hydrogen-bond donors (Lipinski definition) is 2. The third-order valence-electron chi connectivity index (χ3n) is 7.10. The highest BCUT2D eigenvalue weighted by Gasteiger charge is 2.52. The van der Waals surface area contributed by atoms with Crippen LogP contribution in [0, 0.1) is 11.8 Å². The third-order valence-corrected chi connectivity index (χ3v) is 7.60. The van der Waals surface area contributed by atoms with E-state index in [2.05, 4.69) is 24.4 Å². The van der Waals surface area contributed by atoms with Crippen LogP contribution in [0.25, 0.3) is 0 Å². The number of ether oxygens (including phenoxy) is 2. The molecule has 2 unspecified atom stereocenters. The number of halogens is 6. The molecule has 4 rings (SSSR count). The summed E-state index contributed by atoms with van der Waals surface area (Å²) in [5, 5.41) is 4.95. The third kappa shape index (κ3) is 9.22. The Balaban J connectivity index is 1.29. The second-order valence-corrected chi connectivity index (χ2v) is 12.2. The summed E-state index contributed by atoms with van der Waals surface area (Å²) in [6, 6.07) is 1.35. The minimum Gasteiger partial charge on any atom is -0.470 e. The number of anilines is 2. The van der Waals surface area contributed by atoms with E-state index in [9.17, 15) is 35.9 Å². The number of nitrogens with one attached hydrogen (secondary N) is 2. The maximum Gasteiger partial charge on any atom is 0.413 e. The summed E-state index contributed by atoms with van der Waals surface area (Å²) in [6.07, 6.45) is -10.9. The Kier molecular flexibility index (Phi) is 9.99. The van der Waals surface area contributed by atoms with Gasteiger partial charge in [-0.05, 0) is 57.7 Å². The quantitative estimate of drug-likeness (QED) is 0.387. The minimum absolute atomic E-state index is 0.0749. The molecule has 0 spiro atoms. The van der Waals surface area contributed by atoms with Gasteiger partial charge in [0.25, 0.3) is 5.88 Å². The molecule has 2 atom stereocenters. The van der Waals surface area contributed by atoms with Crippen molar-refractivity contribution in [2.45, 2.75) is 70.6 Å². The summed E-state index contributed by atoms with van der Waals surface area (Å²) in [5.41, 5.74) is -0.000919. The monoisotopic (exact) mass is 653 g/mol. The Morgan fingerprint density at radius 2 is 1.61 bits per heavy atom. The largest absolute Gasteiger partial charge is 0.470 e. The maximum absolute atomic E-state index is 13.3. The molecular weight excluding hydrogens is 620 g/mol. The molecule has 2 aromatic rings. The van der Waals surface area contributed by atoms with Crippen LogP contribution in [0.1, 0.15) is 45.6 Å². The van der Waals surface area contributed by atoms with Crippen LogP contribution < -0.4 is 20.3 Å². The number of piperazine rings is 1. The van der Waals surface area contributed by atoms with Gasteiger partial charge in [-0.15, -0.1) is 4.37 Å². The van der Waals surface area contributed by atoms with Gasteiger partial charge in [-0.2, -0.15) is 30.7 Å². The number of aromatic nitrogens is 3. The molecule has 244 valence electrons. The van der Waals surface area contributed by atoms with E-state index in [0.29, 0.717) is 11.4 Å². The summed E-state index contributed by atoms with van der Waals surface area (Å²) >= 11 is 0.917. The Hall–Kier alpha value is -3.57. The van der Waals surface area contributed by atoms with E-state index in [-0.39, 0.29) is 44.5 Å². The first-order chi connectivity index (χ1) is 20.5. The lowest BCUT2D eigenvalue weighted by Gasteiger charge is -2.39. The topological polar surface area (TPSA) is 122 Å². The molecule has 44 heavy (non-hydrogen) atoms. The molecule has 1 aliphatic carbocycles. The van der Waals surface area contributed by atoms with Crippen LogP contribution in [-0.4, -0.2) is 80.9 Å². The Morgan fingerprint density at radius 3 is 2.20 bits per heavy atom. The van der Waals surface area contributed by atoms with Gasteiger partial charge in [0.15, 0.2) is 0 Å². The van der Waals surface area contributed by atoms with Crippen molar-refractivity contribution in [3.63, 3.8) is 0 Å². The molecule has 0 bridgehead atoms. The van der Waals surface area contributed by atoms with Gasteiger partial charge in [0.1, 0.15) is 18.0 Å².